The predicted octanol–water partition coefficient (Wildman–Crippen LogP) is 10.5. The lowest BCUT2D eigenvalue weighted by Crippen LogP contribution is -2.13. The molecule has 2 atom stereocenters. The Morgan fingerprint density at radius 1 is 0.718 bits per heavy atom. The molecular formula is C38H39N. The summed E-state index contributed by atoms with van der Waals surface area (Å²) in [6, 6.07) is 35.6. The van der Waals surface area contributed by atoms with Crippen molar-refractivity contribution in [3.8, 4) is 0 Å². The highest BCUT2D eigenvalue weighted by Crippen LogP contribution is 2.40. The van der Waals surface area contributed by atoms with E-state index >= 15 is 0 Å². The monoisotopic (exact) mass is 509 g/mol. The summed E-state index contributed by atoms with van der Waals surface area (Å²) < 4.78 is 0. The Kier molecular flexibility index (Phi) is 8.27. The molecule has 196 valence electrons. The molecule has 4 aromatic rings. The van der Waals surface area contributed by atoms with Gasteiger partial charge in [-0.05, 0) is 83.3 Å². The number of para-hydroxylation sites is 1. The van der Waals surface area contributed by atoms with Crippen LogP contribution in [-0.4, -0.2) is 0 Å². The zero-order valence-corrected chi connectivity index (χ0v) is 23.6. The Balaban J connectivity index is 1.58. The Morgan fingerprint density at radius 3 is 2.03 bits per heavy atom. The average Bonchev–Trinajstić information content (AvgIpc) is 2.99. The third-order valence-corrected chi connectivity index (χ3v) is 7.88. The molecule has 1 aliphatic rings. The molecule has 1 nitrogen and oxygen atoms in total. The molecule has 5 rings (SSSR count). The Morgan fingerprint density at radius 2 is 1.38 bits per heavy atom. The van der Waals surface area contributed by atoms with Crippen LogP contribution in [0.5, 0.6) is 0 Å². The standard InChI is InChI=1S/C38H39N/c1-5-30-19-23-34(24-20-30)39(38-29(4)14-12-17-32(38)6-2)35-25-21-31(22-26-35)27-37(33-15-8-7-9-16-33)36-18-11-10-13-28(36)3/h7-28,36H,5-6H2,1-4H3/b37-27-. The van der Waals surface area contributed by atoms with Crippen LogP contribution in [0, 0.1) is 18.8 Å². The van der Waals surface area contributed by atoms with Crippen LogP contribution in [0.3, 0.4) is 0 Å². The van der Waals surface area contributed by atoms with Crippen molar-refractivity contribution in [1.82, 2.24) is 0 Å². The quantitative estimate of drug-likeness (QED) is 0.214. The Labute approximate surface area is 234 Å². The lowest BCUT2D eigenvalue weighted by molar-refractivity contribution is 0.622. The summed E-state index contributed by atoms with van der Waals surface area (Å²) in [5.74, 6) is 0.806. The lowest BCUT2D eigenvalue weighted by atomic mass is 9.80. The second-order valence-corrected chi connectivity index (χ2v) is 10.5. The molecule has 1 heteroatoms. The van der Waals surface area contributed by atoms with E-state index in [2.05, 4.69) is 160 Å². The van der Waals surface area contributed by atoms with Gasteiger partial charge in [-0.2, -0.15) is 0 Å². The normalized spacial score (nSPS) is 16.9. The maximum Gasteiger partial charge on any atom is 0.0522 e. The van der Waals surface area contributed by atoms with Crippen LogP contribution in [0.1, 0.15) is 48.6 Å². The zero-order valence-electron chi connectivity index (χ0n) is 23.6. The molecule has 4 aromatic carbocycles. The van der Waals surface area contributed by atoms with Crippen LogP contribution < -0.4 is 4.90 Å². The number of allylic oxidation sites excluding steroid dienone is 5. The van der Waals surface area contributed by atoms with Crippen molar-refractivity contribution < 1.29 is 0 Å². The highest BCUT2D eigenvalue weighted by Gasteiger charge is 2.21. The fraction of sp³-hybridized carbons (Fsp3) is 0.211. The van der Waals surface area contributed by atoms with Gasteiger partial charge in [0.25, 0.3) is 0 Å². The van der Waals surface area contributed by atoms with Crippen LogP contribution in [0.2, 0.25) is 0 Å². The maximum atomic E-state index is 2.43. The summed E-state index contributed by atoms with van der Waals surface area (Å²) in [5.41, 5.74) is 11.5. The highest BCUT2D eigenvalue weighted by atomic mass is 15.1. The van der Waals surface area contributed by atoms with E-state index in [1.54, 1.807) is 0 Å². The molecule has 39 heavy (non-hydrogen) atoms. The molecule has 0 spiro atoms. The van der Waals surface area contributed by atoms with E-state index < -0.39 is 0 Å². The van der Waals surface area contributed by atoms with E-state index in [1.165, 1.54) is 50.5 Å². The minimum absolute atomic E-state index is 0.352. The van der Waals surface area contributed by atoms with Gasteiger partial charge in [0.2, 0.25) is 0 Å². The van der Waals surface area contributed by atoms with E-state index in [1.807, 2.05) is 0 Å². The van der Waals surface area contributed by atoms with Gasteiger partial charge in [-0.15, -0.1) is 0 Å². The molecule has 0 N–H and O–H groups in total. The molecule has 0 saturated carbocycles. The van der Waals surface area contributed by atoms with Gasteiger partial charge < -0.3 is 4.90 Å². The molecule has 0 bridgehead atoms. The summed E-state index contributed by atoms with van der Waals surface area (Å²) in [6.45, 7) is 8.98. The van der Waals surface area contributed by atoms with Crippen LogP contribution in [-0.2, 0) is 12.8 Å². The second kappa shape index (κ2) is 12.2. The molecule has 1 aliphatic carbocycles. The first-order valence-electron chi connectivity index (χ1n) is 14.3. The minimum atomic E-state index is 0.352. The van der Waals surface area contributed by atoms with E-state index in [0.29, 0.717) is 11.8 Å². The summed E-state index contributed by atoms with van der Waals surface area (Å²) in [7, 11) is 0. The molecule has 0 aliphatic heterocycles. The average molecular weight is 510 g/mol. The lowest BCUT2D eigenvalue weighted by Gasteiger charge is -2.29. The highest BCUT2D eigenvalue weighted by molar-refractivity contribution is 5.86. The van der Waals surface area contributed by atoms with E-state index in [4.69, 9.17) is 0 Å². The van der Waals surface area contributed by atoms with Gasteiger partial charge in [0, 0.05) is 17.3 Å². The fourth-order valence-corrected chi connectivity index (χ4v) is 5.62. The van der Waals surface area contributed by atoms with Crippen LogP contribution in [0.15, 0.2) is 121 Å². The first kappa shape index (κ1) is 26.5. The molecule has 0 radical (unpaired) electrons. The Hall–Kier alpha value is -4.10. The first-order chi connectivity index (χ1) is 19.1. The topological polar surface area (TPSA) is 3.24 Å². The van der Waals surface area contributed by atoms with Gasteiger partial charge in [0.05, 0.1) is 5.69 Å². The summed E-state index contributed by atoms with van der Waals surface area (Å²) in [5, 5.41) is 0. The second-order valence-electron chi connectivity index (χ2n) is 10.5. The number of anilines is 3. The minimum Gasteiger partial charge on any atom is -0.310 e. The summed E-state index contributed by atoms with van der Waals surface area (Å²) in [4.78, 5) is 2.43. The van der Waals surface area contributed by atoms with Gasteiger partial charge in [0.15, 0.2) is 0 Å². The van der Waals surface area contributed by atoms with Crippen molar-refractivity contribution >= 4 is 28.7 Å². The van der Waals surface area contributed by atoms with Crippen molar-refractivity contribution in [2.45, 2.75) is 40.5 Å². The van der Waals surface area contributed by atoms with Crippen LogP contribution in [0.25, 0.3) is 11.6 Å². The molecule has 0 heterocycles. The van der Waals surface area contributed by atoms with Gasteiger partial charge in [0.1, 0.15) is 0 Å². The number of nitrogens with zero attached hydrogens (tertiary/aromatic N) is 1. The van der Waals surface area contributed by atoms with Gasteiger partial charge >= 0.3 is 0 Å². The smallest absolute Gasteiger partial charge is 0.0522 e. The number of rotatable bonds is 8. The van der Waals surface area contributed by atoms with Crippen molar-refractivity contribution in [2.24, 2.45) is 11.8 Å². The summed E-state index contributed by atoms with van der Waals surface area (Å²) in [6.07, 6.45) is 13.4. The van der Waals surface area contributed by atoms with E-state index in [0.717, 1.165) is 12.8 Å². The molecule has 0 fully saturated rings. The number of benzene rings is 4. The van der Waals surface area contributed by atoms with Crippen molar-refractivity contribution in [1.29, 1.82) is 0 Å². The molecular weight excluding hydrogens is 470 g/mol. The maximum absolute atomic E-state index is 2.43. The largest absolute Gasteiger partial charge is 0.310 e. The van der Waals surface area contributed by atoms with Crippen LogP contribution >= 0.6 is 0 Å². The zero-order chi connectivity index (χ0) is 27.2. The number of aryl methyl sites for hydroxylation is 3. The third kappa shape index (κ3) is 5.83. The van der Waals surface area contributed by atoms with Crippen molar-refractivity contribution in [3.05, 3.63) is 149 Å². The Bertz CT molecular complexity index is 1470. The van der Waals surface area contributed by atoms with Gasteiger partial charge in [-0.1, -0.05) is 124 Å². The first-order valence-corrected chi connectivity index (χ1v) is 14.3. The van der Waals surface area contributed by atoms with Crippen molar-refractivity contribution in [3.63, 3.8) is 0 Å². The predicted molar refractivity (Wildman–Crippen MR) is 170 cm³/mol. The fourth-order valence-electron chi connectivity index (χ4n) is 5.62. The summed E-state index contributed by atoms with van der Waals surface area (Å²) >= 11 is 0. The number of hydrogen-bond donors (Lipinski definition) is 0. The SMILES string of the molecule is CCc1ccc(N(c2ccc(/C=C(/c3ccccc3)C3C=CC=CC3C)cc2)c2c(C)cccc2CC)cc1. The van der Waals surface area contributed by atoms with Gasteiger partial charge in [-0.3, -0.25) is 0 Å². The molecule has 2 unspecified atom stereocenters. The van der Waals surface area contributed by atoms with E-state index in [9.17, 15) is 0 Å². The number of hydrogen-bond acceptors (Lipinski definition) is 1. The molecule has 0 saturated heterocycles. The van der Waals surface area contributed by atoms with E-state index in [-0.39, 0.29) is 0 Å². The van der Waals surface area contributed by atoms with Crippen LogP contribution in [0.4, 0.5) is 17.1 Å². The molecule has 0 aromatic heterocycles. The molecule has 0 amide bonds. The third-order valence-electron chi connectivity index (χ3n) is 7.88. The van der Waals surface area contributed by atoms with Crippen molar-refractivity contribution in [2.75, 3.05) is 4.90 Å². The van der Waals surface area contributed by atoms with Gasteiger partial charge in [-0.25, -0.2) is 0 Å².